The summed E-state index contributed by atoms with van der Waals surface area (Å²) in [6.45, 7) is 5.53. The average Bonchev–Trinajstić information content (AvgIpc) is 2.87. The van der Waals surface area contributed by atoms with E-state index in [0.29, 0.717) is 5.92 Å². The van der Waals surface area contributed by atoms with Gasteiger partial charge in [0.15, 0.2) is 0 Å². The Kier molecular flexibility index (Phi) is 4.11. The first-order chi connectivity index (χ1) is 10.2. The molecule has 0 amide bonds. The van der Waals surface area contributed by atoms with Gasteiger partial charge < -0.3 is 4.57 Å². The number of aromatic nitrogens is 2. The predicted octanol–water partition coefficient (Wildman–Crippen LogP) is 5.51. The quantitative estimate of drug-likeness (QED) is 0.611. The van der Waals surface area contributed by atoms with Gasteiger partial charge in [0, 0.05) is 16.6 Å². The highest BCUT2D eigenvalue weighted by Gasteiger charge is 2.13. The summed E-state index contributed by atoms with van der Waals surface area (Å²) in [6, 6.07) is 16.8. The topological polar surface area (TPSA) is 17.8 Å². The molecule has 2 aromatic carbocycles. The first-order valence-electron chi connectivity index (χ1n) is 7.40. The highest BCUT2D eigenvalue weighted by Crippen LogP contribution is 2.27. The SMILES string of the molecule is CCC(C)Cn1c(-c2ccc(Br)cc2)nc2ccccc21. The summed E-state index contributed by atoms with van der Waals surface area (Å²) in [7, 11) is 0. The molecule has 0 N–H and O–H groups in total. The second-order valence-electron chi connectivity index (χ2n) is 5.56. The number of para-hydroxylation sites is 2. The van der Waals surface area contributed by atoms with Crippen LogP contribution in [0.4, 0.5) is 0 Å². The summed E-state index contributed by atoms with van der Waals surface area (Å²) in [4.78, 5) is 4.85. The van der Waals surface area contributed by atoms with Gasteiger partial charge in [-0.05, 0) is 30.2 Å². The van der Waals surface area contributed by atoms with Crippen molar-refractivity contribution in [1.29, 1.82) is 0 Å². The number of hydrogen-bond acceptors (Lipinski definition) is 1. The zero-order chi connectivity index (χ0) is 14.8. The average molecular weight is 343 g/mol. The summed E-state index contributed by atoms with van der Waals surface area (Å²) in [5.41, 5.74) is 3.45. The Hall–Kier alpha value is -1.61. The van der Waals surface area contributed by atoms with Gasteiger partial charge in [-0.1, -0.05) is 60.5 Å². The Balaban J connectivity index is 2.16. The minimum atomic E-state index is 0.636. The van der Waals surface area contributed by atoms with E-state index in [4.69, 9.17) is 4.98 Å². The maximum atomic E-state index is 4.85. The van der Waals surface area contributed by atoms with E-state index in [1.165, 1.54) is 11.9 Å². The third-order valence-corrected chi connectivity index (χ3v) is 4.48. The lowest BCUT2D eigenvalue weighted by atomic mass is 10.1. The van der Waals surface area contributed by atoms with Crippen LogP contribution >= 0.6 is 15.9 Å². The molecule has 0 radical (unpaired) electrons. The summed E-state index contributed by atoms with van der Waals surface area (Å²) in [6.07, 6.45) is 1.17. The van der Waals surface area contributed by atoms with Gasteiger partial charge in [-0.3, -0.25) is 0 Å². The zero-order valence-electron chi connectivity index (χ0n) is 12.4. The molecule has 3 rings (SSSR count). The normalized spacial score (nSPS) is 12.7. The van der Waals surface area contributed by atoms with Gasteiger partial charge in [-0.25, -0.2) is 4.98 Å². The standard InChI is InChI=1S/C18H19BrN2/c1-3-13(2)12-21-17-7-5-4-6-16(17)20-18(21)14-8-10-15(19)11-9-14/h4-11,13H,3,12H2,1-2H3. The van der Waals surface area contributed by atoms with E-state index in [2.05, 4.69) is 76.8 Å². The van der Waals surface area contributed by atoms with E-state index < -0.39 is 0 Å². The second-order valence-corrected chi connectivity index (χ2v) is 6.47. The fraction of sp³-hybridized carbons (Fsp3) is 0.278. The molecule has 1 unspecified atom stereocenters. The van der Waals surface area contributed by atoms with Crippen LogP contribution in [0.3, 0.4) is 0 Å². The van der Waals surface area contributed by atoms with Gasteiger partial charge in [-0.15, -0.1) is 0 Å². The van der Waals surface area contributed by atoms with Crippen LogP contribution in [0.2, 0.25) is 0 Å². The highest BCUT2D eigenvalue weighted by molar-refractivity contribution is 9.10. The van der Waals surface area contributed by atoms with E-state index in [0.717, 1.165) is 27.9 Å². The molecule has 108 valence electrons. The van der Waals surface area contributed by atoms with Crippen molar-refractivity contribution in [2.75, 3.05) is 0 Å². The van der Waals surface area contributed by atoms with Crippen LogP contribution in [0.15, 0.2) is 53.0 Å². The van der Waals surface area contributed by atoms with Crippen LogP contribution in [0, 0.1) is 5.92 Å². The molecule has 0 saturated heterocycles. The Morgan fingerprint density at radius 2 is 1.81 bits per heavy atom. The van der Waals surface area contributed by atoms with Crippen molar-refractivity contribution in [3.05, 3.63) is 53.0 Å². The fourth-order valence-corrected chi connectivity index (χ4v) is 2.78. The number of hydrogen-bond donors (Lipinski definition) is 0. The largest absolute Gasteiger partial charge is 0.324 e. The molecular weight excluding hydrogens is 324 g/mol. The zero-order valence-corrected chi connectivity index (χ0v) is 14.0. The third kappa shape index (κ3) is 2.88. The Morgan fingerprint density at radius 3 is 2.52 bits per heavy atom. The van der Waals surface area contributed by atoms with Crippen molar-refractivity contribution in [2.45, 2.75) is 26.8 Å². The molecule has 0 aliphatic rings. The maximum Gasteiger partial charge on any atom is 0.141 e. The Morgan fingerprint density at radius 1 is 1.10 bits per heavy atom. The molecule has 2 nitrogen and oxygen atoms in total. The van der Waals surface area contributed by atoms with Crippen LogP contribution in [0.25, 0.3) is 22.4 Å². The predicted molar refractivity (Wildman–Crippen MR) is 92.3 cm³/mol. The second kappa shape index (κ2) is 6.02. The molecule has 0 saturated carbocycles. The van der Waals surface area contributed by atoms with Crippen molar-refractivity contribution < 1.29 is 0 Å². The highest BCUT2D eigenvalue weighted by atomic mass is 79.9. The minimum absolute atomic E-state index is 0.636. The monoisotopic (exact) mass is 342 g/mol. The van der Waals surface area contributed by atoms with Crippen molar-refractivity contribution in [3.63, 3.8) is 0 Å². The Labute approximate surface area is 134 Å². The van der Waals surface area contributed by atoms with Crippen LogP contribution in [0.1, 0.15) is 20.3 Å². The van der Waals surface area contributed by atoms with E-state index in [1.54, 1.807) is 0 Å². The molecule has 0 fully saturated rings. The van der Waals surface area contributed by atoms with Crippen LogP contribution in [0.5, 0.6) is 0 Å². The summed E-state index contributed by atoms with van der Waals surface area (Å²) in [5.74, 6) is 1.70. The van der Waals surface area contributed by atoms with Gasteiger partial charge in [0.25, 0.3) is 0 Å². The molecule has 1 atom stereocenters. The van der Waals surface area contributed by atoms with Gasteiger partial charge in [0.1, 0.15) is 5.82 Å². The van der Waals surface area contributed by atoms with E-state index in [9.17, 15) is 0 Å². The number of rotatable bonds is 4. The van der Waals surface area contributed by atoms with Crippen molar-refractivity contribution >= 4 is 27.0 Å². The summed E-state index contributed by atoms with van der Waals surface area (Å²) in [5, 5.41) is 0. The van der Waals surface area contributed by atoms with Crippen molar-refractivity contribution in [2.24, 2.45) is 5.92 Å². The molecule has 0 bridgehead atoms. The first-order valence-corrected chi connectivity index (χ1v) is 8.19. The van der Waals surface area contributed by atoms with Gasteiger partial charge in [0.2, 0.25) is 0 Å². The van der Waals surface area contributed by atoms with E-state index in [1.807, 2.05) is 6.07 Å². The van der Waals surface area contributed by atoms with E-state index in [-0.39, 0.29) is 0 Å². The lowest BCUT2D eigenvalue weighted by Gasteiger charge is -2.14. The minimum Gasteiger partial charge on any atom is -0.324 e. The Bertz CT molecular complexity index is 744. The molecule has 1 aromatic heterocycles. The first kappa shape index (κ1) is 14.3. The number of halogens is 1. The van der Waals surface area contributed by atoms with Crippen LogP contribution < -0.4 is 0 Å². The van der Waals surface area contributed by atoms with Crippen molar-refractivity contribution in [3.8, 4) is 11.4 Å². The van der Waals surface area contributed by atoms with Gasteiger partial charge in [0.05, 0.1) is 11.0 Å². The molecular formula is C18H19BrN2. The van der Waals surface area contributed by atoms with Crippen LogP contribution in [-0.4, -0.2) is 9.55 Å². The maximum absolute atomic E-state index is 4.85. The van der Waals surface area contributed by atoms with Crippen LogP contribution in [-0.2, 0) is 6.54 Å². The number of benzene rings is 2. The molecule has 0 spiro atoms. The molecule has 3 heteroatoms. The van der Waals surface area contributed by atoms with Gasteiger partial charge >= 0.3 is 0 Å². The summed E-state index contributed by atoms with van der Waals surface area (Å²) < 4.78 is 3.45. The van der Waals surface area contributed by atoms with E-state index >= 15 is 0 Å². The lowest BCUT2D eigenvalue weighted by molar-refractivity contribution is 0.479. The third-order valence-electron chi connectivity index (χ3n) is 3.95. The van der Waals surface area contributed by atoms with Crippen molar-refractivity contribution in [1.82, 2.24) is 9.55 Å². The summed E-state index contributed by atoms with van der Waals surface area (Å²) >= 11 is 3.50. The molecule has 0 aliphatic carbocycles. The fourth-order valence-electron chi connectivity index (χ4n) is 2.52. The molecule has 3 aromatic rings. The number of nitrogens with zero attached hydrogens (tertiary/aromatic N) is 2. The molecule has 0 aliphatic heterocycles. The molecule has 1 heterocycles. The smallest absolute Gasteiger partial charge is 0.141 e. The number of imidazole rings is 1. The lowest BCUT2D eigenvalue weighted by Crippen LogP contribution is -2.08. The van der Waals surface area contributed by atoms with Gasteiger partial charge in [-0.2, -0.15) is 0 Å². The number of fused-ring (bicyclic) bond motifs is 1. The molecule has 21 heavy (non-hydrogen) atoms.